The van der Waals surface area contributed by atoms with Crippen molar-refractivity contribution in [2.45, 2.75) is 26.2 Å². The number of para-hydroxylation sites is 1. The van der Waals surface area contributed by atoms with Crippen molar-refractivity contribution in [2.24, 2.45) is 0 Å². The number of carbonyl (C=O) groups excluding carboxylic acids is 1. The molecule has 120 valence electrons. The minimum absolute atomic E-state index is 0.211. The number of pyridine rings is 1. The molecule has 0 atom stereocenters. The molecule has 2 heterocycles. The highest BCUT2D eigenvalue weighted by Gasteiger charge is 2.26. The summed E-state index contributed by atoms with van der Waals surface area (Å²) in [5.41, 5.74) is 6.67. The van der Waals surface area contributed by atoms with E-state index in [1.54, 1.807) is 6.20 Å². The SMILES string of the molecule is Cc1cc(-c2[nH]c3c(c2Nc2ccccc2)C(=O)CCC3)ccn1. The van der Waals surface area contributed by atoms with Crippen molar-refractivity contribution in [1.82, 2.24) is 9.97 Å². The molecule has 0 radical (unpaired) electrons. The van der Waals surface area contributed by atoms with Crippen molar-refractivity contribution < 1.29 is 4.79 Å². The van der Waals surface area contributed by atoms with Crippen molar-refractivity contribution in [3.63, 3.8) is 0 Å². The van der Waals surface area contributed by atoms with Gasteiger partial charge in [0.1, 0.15) is 0 Å². The first-order valence-electron chi connectivity index (χ1n) is 8.25. The van der Waals surface area contributed by atoms with Crippen LogP contribution in [0.1, 0.15) is 34.6 Å². The van der Waals surface area contributed by atoms with Crippen molar-refractivity contribution in [3.8, 4) is 11.3 Å². The first kappa shape index (κ1) is 14.7. The number of Topliss-reactive ketones (excluding diaryl/α,β-unsaturated/α-hetero) is 1. The number of ketones is 1. The van der Waals surface area contributed by atoms with E-state index in [0.29, 0.717) is 6.42 Å². The standard InChI is InChI=1S/C20H19N3O/c1-13-12-14(10-11-21-13)19-20(22-15-6-3-2-4-7-15)18-16(23-19)8-5-9-17(18)24/h2-4,6-7,10-12,22-23H,5,8-9H2,1H3. The Morgan fingerprint density at radius 3 is 2.75 bits per heavy atom. The van der Waals surface area contributed by atoms with Gasteiger partial charge in [0.25, 0.3) is 0 Å². The van der Waals surface area contributed by atoms with Gasteiger partial charge in [-0.25, -0.2) is 0 Å². The Bertz CT molecular complexity index is 897. The number of hydrogen-bond donors (Lipinski definition) is 2. The van der Waals surface area contributed by atoms with Crippen molar-refractivity contribution in [1.29, 1.82) is 0 Å². The van der Waals surface area contributed by atoms with Crippen LogP contribution >= 0.6 is 0 Å². The van der Waals surface area contributed by atoms with Gasteiger partial charge < -0.3 is 10.3 Å². The molecule has 3 aromatic rings. The van der Waals surface area contributed by atoms with E-state index >= 15 is 0 Å². The second kappa shape index (κ2) is 5.96. The summed E-state index contributed by atoms with van der Waals surface area (Å²) in [6.07, 6.45) is 4.24. The minimum atomic E-state index is 0.211. The van der Waals surface area contributed by atoms with E-state index in [0.717, 1.165) is 52.4 Å². The Morgan fingerprint density at radius 1 is 1.12 bits per heavy atom. The number of hydrogen-bond acceptors (Lipinski definition) is 3. The number of benzene rings is 1. The average Bonchev–Trinajstić information content (AvgIpc) is 2.96. The molecule has 0 bridgehead atoms. The van der Waals surface area contributed by atoms with E-state index in [1.165, 1.54) is 0 Å². The lowest BCUT2D eigenvalue weighted by atomic mass is 9.95. The summed E-state index contributed by atoms with van der Waals surface area (Å²) in [6, 6.07) is 14.0. The Balaban J connectivity index is 1.88. The van der Waals surface area contributed by atoms with Crippen LogP contribution in [0.5, 0.6) is 0 Å². The third kappa shape index (κ3) is 2.60. The van der Waals surface area contributed by atoms with Crippen LogP contribution in [0.25, 0.3) is 11.3 Å². The normalized spacial score (nSPS) is 13.6. The molecule has 4 rings (SSSR count). The van der Waals surface area contributed by atoms with Gasteiger partial charge in [0.05, 0.1) is 16.9 Å². The first-order valence-corrected chi connectivity index (χ1v) is 8.25. The van der Waals surface area contributed by atoms with E-state index in [4.69, 9.17) is 0 Å². The summed E-state index contributed by atoms with van der Waals surface area (Å²) in [4.78, 5) is 20.3. The number of nitrogens with one attached hydrogen (secondary N) is 2. The number of aromatic amines is 1. The van der Waals surface area contributed by atoms with Crippen molar-refractivity contribution in [2.75, 3.05) is 5.32 Å². The fourth-order valence-corrected chi connectivity index (χ4v) is 3.31. The zero-order valence-corrected chi connectivity index (χ0v) is 13.6. The zero-order chi connectivity index (χ0) is 16.5. The topological polar surface area (TPSA) is 57.8 Å². The van der Waals surface area contributed by atoms with Crippen LogP contribution < -0.4 is 5.32 Å². The maximum Gasteiger partial charge on any atom is 0.166 e. The second-order valence-corrected chi connectivity index (χ2v) is 6.18. The predicted molar refractivity (Wildman–Crippen MR) is 95.8 cm³/mol. The van der Waals surface area contributed by atoms with Gasteiger partial charge in [-0.1, -0.05) is 18.2 Å². The van der Waals surface area contributed by atoms with Gasteiger partial charge in [-0.05, 0) is 44.0 Å². The van der Waals surface area contributed by atoms with Crippen LogP contribution in [-0.2, 0) is 6.42 Å². The summed E-state index contributed by atoms with van der Waals surface area (Å²) in [5, 5.41) is 3.46. The highest BCUT2D eigenvalue weighted by atomic mass is 16.1. The molecule has 0 saturated carbocycles. The van der Waals surface area contributed by atoms with E-state index < -0.39 is 0 Å². The molecule has 0 spiro atoms. The molecule has 4 nitrogen and oxygen atoms in total. The van der Waals surface area contributed by atoms with Gasteiger partial charge in [-0.2, -0.15) is 0 Å². The molecule has 4 heteroatoms. The summed E-state index contributed by atoms with van der Waals surface area (Å²) >= 11 is 0. The number of anilines is 2. The fraction of sp³-hybridized carbons (Fsp3) is 0.200. The van der Waals surface area contributed by atoms with E-state index in [1.807, 2.05) is 49.4 Å². The zero-order valence-electron chi connectivity index (χ0n) is 13.6. The van der Waals surface area contributed by atoms with Crippen LogP contribution in [0.15, 0.2) is 48.7 Å². The molecule has 2 N–H and O–H groups in total. The second-order valence-electron chi connectivity index (χ2n) is 6.18. The number of rotatable bonds is 3. The van der Waals surface area contributed by atoms with Gasteiger partial charge in [0.2, 0.25) is 0 Å². The molecule has 24 heavy (non-hydrogen) atoms. The predicted octanol–water partition coefficient (Wildman–Crippen LogP) is 4.65. The molecule has 1 aliphatic carbocycles. The van der Waals surface area contributed by atoms with Gasteiger partial charge in [0.15, 0.2) is 5.78 Å². The molecule has 2 aromatic heterocycles. The summed E-state index contributed by atoms with van der Waals surface area (Å²) in [6.45, 7) is 1.97. The monoisotopic (exact) mass is 317 g/mol. The van der Waals surface area contributed by atoms with E-state index in [2.05, 4.69) is 15.3 Å². The number of fused-ring (bicyclic) bond motifs is 1. The Morgan fingerprint density at radius 2 is 1.96 bits per heavy atom. The average molecular weight is 317 g/mol. The van der Waals surface area contributed by atoms with Crippen LogP contribution in [0.4, 0.5) is 11.4 Å². The lowest BCUT2D eigenvalue weighted by Crippen LogP contribution is -2.10. The minimum Gasteiger partial charge on any atom is -0.356 e. The van der Waals surface area contributed by atoms with Crippen LogP contribution in [0, 0.1) is 6.92 Å². The summed E-state index contributed by atoms with van der Waals surface area (Å²) < 4.78 is 0. The third-order valence-corrected chi connectivity index (χ3v) is 4.42. The van der Waals surface area contributed by atoms with E-state index in [9.17, 15) is 4.79 Å². The van der Waals surface area contributed by atoms with Crippen LogP contribution in [-0.4, -0.2) is 15.8 Å². The molecule has 0 unspecified atom stereocenters. The third-order valence-electron chi connectivity index (χ3n) is 4.42. The number of aromatic nitrogens is 2. The lowest BCUT2D eigenvalue weighted by Gasteiger charge is -2.13. The van der Waals surface area contributed by atoms with Gasteiger partial charge in [-0.15, -0.1) is 0 Å². The van der Waals surface area contributed by atoms with Crippen molar-refractivity contribution >= 4 is 17.2 Å². The molecule has 0 fully saturated rings. The quantitative estimate of drug-likeness (QED) is 0.739. The Hall–Kier alpha value is -2.88. The molecular weight excluding hydrogens is 298 g/mol. The first-order chi connectivity index (χ1) is 11.7. The molecule has 0 saturated heterocycles. The molecule has 1 aromatic carbocycles. The molecule has 0 amide bonds. The van der Waals surface area contributed by atoms with Crippen LogP contribution in [0.2, 0.25) is 0 Å². The lowest BCUT2D eigenvalue weighted by molar-refractivity contribution is 0.0973. The molecule has 0 aliphatic heterocycles. The number of aryl methyl sites for hydroxylation is 2. The maximum atomic E-state index is 12.5. The largest absolute Gasteiger partial charge is 0.356 e. The smallest absolute Gasteiger partial charge is 0.166 e. The summed E-state index contributed by atoms with van der Waals surface area (Å²) in [5.74, 6) is 0.211. The van der Waals surface area contributed by atoms with E-state index in [-0.39, 0.29) is 5.78 Å². The number of carbonyl (C=O) groups is 1. The number of nitrogens with zero attached hydrogens (tertiary/aromatic N) is 1. The fourth-order valence-electron chi connectivity index (χ4n) is 3.31. The Labute approximate surface area is 141 Å². The highest BCUT2D eigenvalue weighted by molar-refractivity contribution is 6.07. The van der Waals surface area contributed by atoms with Gasteiger partial charge in [-0.3, -0.25) is 9.78 Å². The van der Waals surface area contributed by atoms with Crippen LogP contribution in [0.3, 0.4) is 0 Å². The van der Waals surface area contributed by atoms with Crippen molar-refractivity contribution in [3.05, 3.63) is 65.6 Å². The maximum absolute atomic E-state index is 12.5. The number of H-pyrrole nitrogens is 1. The molecular formula is C20H19N3O. The summed E-state index contributed by atoms with van der Waals surface area (Å²) in [7, 11) is 0. The van der Waals surface area contributed by atoms with Gasteiger partial charge >= 0.3 is 0 Å². The van der Waals surface area contributed by atoms with Gasteiger partial charge in [0, 0.05) is 35.3 Å². The highest BCUT2D eigenvalue weighted by Crippen LogP contribution is 2.38. The molecule has 1 aliphatic rings. The Kier molecular flexibility index (Phi) is 3.65.